The minimum absolute atomic E-state index is 0.172. The first-order valence-electron chi connectivity index (χ1n) is 10.5. The molecule has 34 heavy (non-hydrogen) atoms. The first kappa shape index (κ1) is 24.1. The van der Waals surface area contributed by atoms with Crippen LogP contribution in [-0.4, -0.2) is 22.0 Å². The van der Waals surface area contributed by atoms with Crippen LogP contribution in [-0.2, 0) is 17.0 Å². The van der Waals surface area contributed by atoms with Gasteiger partial charge in [0.15, 0.2) is 0 Å². The number of benzene rings is 3. The van der Waals surface area contributed by atoms with E-state index in [9.17, 15) is 14.4 Å². The number of nitrogens with one attached hydrogen (secondary N) is 2. The first-order chi connectivity index (χ1) is 16.4. The molecular weight excluding hydrogens is 491 g/mol. The Kier molecular flexibility index (Phi) is 7.73. The van der Waals surface area contributed by atoms with Crippen LogP contribution in [0.2, 0.25) is 10.0 Å². The Morgan fingerprint density at radius 1 is 0.912 bits per heavy atom. The van der Waals surface area contributed by atoms with Gasteiger partial charge < -0.3 is 10.3 Å². The molecular formula is C26H20Cl2N2O3S. The Morgan fingerprint density at radius 3 is 2.44 bits per heavy atom. The predicted octanol–water partition coefficient (Wildman–Crippen LogP) is 5.64. The lowest BCUT2D eigenvalue weighted by atomic mass is 10.0. The van der Waals surface area contributed by atoms with E-state index in [-0.39, 0.29) is 17.1 Å². The Labute approximate surface area is 210 Å². The number of para-hydroxylation sites is 1. The summed E-state index contributed by atoms with van der Waals surface area (Å²) in [6, 6.07) is 21.7. The number of aromatic nitrogens is 1. The molecule has 0 aliphatic rings. The molecule has 1 unspecified atom stereocenters. The van der Waals surface area contributed by atoms with E-state index in [0.717, 1.165) is 22.7 Å². The second-order valence-corrected chi connectivity index (χ2v) is 9.53. The van der Waals surface area contributed by atoms with Gasteiger partial charge in [-0.1, -0.05) is 65.3 Å². The summed E-state index contributed by atoms with van der Waals surface area (Å²) < 4.78 is 0. The molecule has 4 rings (SSSR count). The van der Waals surface area contributed by atoms with Crippen LogP contribution in [0.15, 0.2) is 83.7 Å². The maximum absolute atomic E-state index is 13.3. The van der Waals surface area contributed by atoms with Gasteiger partial charge in [0.05, 0.1) is 0 Å². The number of carbonyl (C=O) groups is 2. The molecule has 0 aliphatic carbocycles. The second kappa shape index (κ2) is 10.9. The van der Waals surface area contributed by atoms with Crippen molar-refractivity contribution >= 4 is 56.9 Å². The molecule has 8 heteroatoms. The third-order valence-corrected chi connectivity index (χ3v) is 6.76. The van der Waals surface area contributed by atoms with E-state index < -0.39 is 11.9 Å². The summed E-state index contributed by atoms with van der Waals surface area (Å²) in [5, 5.41) is 4.55. The van der Waals surface area contributed by atoms with E-state index in [2.05, 4.69) is 10.3 Å². The molecule has 5 nitrogen and oxygen atoms in total. The van der Waals surface area contributed by atoms with Gasteiger partial charge in [-0.3, -0.25) is 14.4 Å². The summed E-state index contributed by atoms with van der Waals surface area (Å²) in [7, 11) is 0. The fourth-order valence-electron chi connectivity index (χ4n) is 3.58. The molecule has 172 valence electrons. The summed E-state index contributed by atoms with van der Waals surface area (Å²) in [5.41, 5.74) is 2.37. The van der Waals surface area contributed by atoms with Gasteiger partial charge in [0.1, 0.15) is 6.04 Å². The van der Waals surface area contributed by atoms with Gasteiger partial charge >= 0.3 is 0 Å². The van der Waals surface area contributed by atoms with Crippen molar-refractivity contribution in [2.75, 3.05) is 0 Å². The molecule has 1 aromatic heterocycles. The van der Waals surface area contributed by atoms with Gasteiger partial charge in [0.2, 0.25) is 10.7 Å². The van der Waals surface area contributed by atoms with Crippen LogP contribution in [0.1, 0.15) is 21.5 Å². The number of fused-ring (bicyclic) bond motifs is 1. The highest BCUT2D eigenvalue weighted by molar-refractivity contribution is 8.13. The second-order valence-electron chi connectivity index (χ2n) is 7.68. The molecule has 0 bridgehead atoms. The van der Waals surface area contributed by atoms with Crippen LogP contribution in [0, 0.1) is 0 Å². The fourth-order valence-corrected chi connectivity index (χ4v) is 4.75. The van der Waals surface area contributed by atoms with E-state index >= 15 is 0 Å². The van der Waals surface area contributed by atoms with Crippen LogP contribution >= 0.6 is 35.0 Å². The standard InChI is InChI=1S/C26H20Cl2N2O3S/c27-19-10-8-17(9-11-19)25(32)30-23(26(33)34-15-16-4-3-5-20(28)12-16)13-18-14-24(31)29-22-7-2-1-6-21(18)22/h1-12,14,23H,13,15H2,(H,29,31)(H,30,32). The molecule has 0 fully saturated rings. The maximum Gasteiger partial charge on any atom is 0.251 e. The topological polar surface area (TPSA) is 79.0 Å². The van der Waals surface area contributed by atoms with E-state index in [1.165, 1.54) is 6.07 Å². The van der Waals surface area contributed by atoms with Gasteiger partial charge in [0.25, 0.3) is 5.91 Å². The Bertz CT molecular complexity index is 1400. The number of H-pyrrole nitrogens is 1. The zero-order chi connectivity index (χ0) is 24.1. The number of pyridine rings is 1. The van der Waals surface area contributed by atoms with Gasteiger partial charge in [-0.05, 0) is 53.6 Å². The first-order valence-corrected chi connectivity index (χ1v) is 12.2. The van der Waals surface area contributed by atoms with E-state index in [0.29, 0.717) is 32.4 Å². The van der Waals surface area contributed by atoms with Crippen LogP contribution < -0.4 is 10.9 Å². The molecule has 0 saturated carbocycles. The summed E-state index contributed by atoms with van der Waals surface area (Å²) in [6.45, 7) is 0. The van der Waals surface area contributed by atoms with Crippen molar-refractivity contribution in [1.82, 2.24) is 10.3 Å². The molecule has 1 atom stereocenters. The van der Waals surface area contributed by atoms with Crippen molar-refractivity contribution in [1.29, 1.82) is 0 Å². The summed E-state index contributed by atoms with van der Waals surface area (Å²) >= 11 is 13.1. The van der Waals surface area contributed by atoms with Crippen molar-refractivity contribution in [3.8, 4) is 0 Å². The van der Waals surface area contributed by atoms with Gasteiger partial charge in [-0.15, -0.1) is 0 Å². The number of amides is 1. The number of hydrogen-bond acceptors (Lipinski definition) is 4. The number of rotatable bonds is 7. The van der Waals surface area contributed by atoms with Gasteiger partial charge in [-0.2, -0.15) is 0 Å². The fraction of sp³-hybridized carbons (Fsp3) is 0.115. The quantitative estimate of drug-likeness (QED) is 0.337. The number of thioether (sulfide) groups is 1. The van der Waals surface area contributed by atoms with E-state index in [1.807, 2.05) is 30.3 Å². The predicted molar refractivity (Wildman–Crippen MR) is 139 cm³/mol. The lowest BCUT2D eigenvalue weighted by molar-refractivity contribution is -0.112. The zero-order valence-electron chi connectivity index (χ0n) is 17.9. The molecule has 0 aliphatic heterocycles. The van der Waals surface area contributed by atoms with Crippen LogP contribution in [0.5, 0.6) is 0 Å². The zero-order valence-corrected chi connectivity index (χ0v) is 20.2. The Balaban J connectivity index is 1.60. The summed E-state index contributed by atoms with van der Waals surface area (Å²) in [5.74, 6) is 0.00977. The summed E-state index contributed by atoms with van der Waals surface area (Å²) in [6.07, 6.45) is 0.172. The molecule has 4 aromatic rings. The molecule has 0 saturated heterocycles. The van der Waals surface area contributed by atoms with Gasteiger partial charge in [-0.25, -0.2) is 0 Å². The highest BCUT2D eigenvalue weighted by Gasteiger charge is 2.24. The van der Waals surface area contributed by atoms with Crippen molar-refractivity contribution in [3.05, 3.63) is 116 Å². The van der Waals surface area contributed by atoms with Crippen molar-refractivity contribution < 1.29 is 9.59 Å². The molecule has 0 spiro atoms. The SMILES string of the molecule is O=C(NC(Cc1cc(=O)[nH]c2ccccc12)C(=O)SCc1cccc(Cl)c1)c1ccc(Cl)cc1. The Morgan fingerprint density at radius 2 is 1.68 bits per heavy atom. The molecule has 2 N–H and O–H groups in total. The van der Waals surface area contributed by atoms with Crippen molar-refractivity contribution in [2.24, 2.45) is 0 Å². The van der Waals surface area contributed by atoms with Crippen molar-refractivity contribution in [3.63, 3.8) is 0 Å². The summed E-state index contributed by atoms with van der Waals surface area (Å²) in [4.78, 5) is 41.2. The van der Waals surface area contributed by atoms with E-state index in [4.69, 9.17) is 23.2 Å². The molecule has 1 amide bonds. The number of carbonyl (C=O) groups excluding carboxylic acids is 2. The smallest absolute Gasteiger partial charge is 0.251 e. The van der Waals surface area contributed by atoms with Crippen LogP contribution in [0.4, 0.5) is 0 Å². The van der Waals surface area contributed by atoms with Crippen LogP contribution in [0.3, 0.4) is 0 Å². The molecule has 1 heterocycles. The number of halogens is 2. The highest BCUT2D eigenvalue weighted by Crippen LogP contribution is 2.22. The highest BCUT2D eigenvalue weighted by atomic mass is 35.5. The third-order valence-electron chi connectivity index (χ3n) is 5.23. The molecule has 0 radical (unpaired) electrons. The lowest BCUT2D eigenvalue weighted by Crippen LogP contribution is -2.41. The van der Waals surface area contributed by atoms with E-state index in [1.54, 1.807) is 42.5 Å². The number of hydrogen-bond donors (Lipinski definition) is 2. The normalized spacial score (nSPS) is 11.8. The molecule has 3 aromatic carbocycles. The lowest BCUT2D eigenvalue weighted by Gasteiger charge is -2.18. The van der Waals surface area contributed by atoms with Gasteiger partial charge in [0, 0.05) is 44.8 Å². The maximum atomic E-state index is 13.3. The largest absolute Gasteiger partial charge is 0.341 e. The van der Waals surface area contributed by atoms with Crippen LogP contribution in [0.25, 0.3) is 10.9 Å². The van der Waals surface area contributed by atoms with Crippen molar-refractivity contribution in [2.45, 2.75) is 18.2 Å². The minimum atomic E-state index is -0.849. The third kappa shape index (κ3) is 6.08. The monoisotopic (exact) mass is 510 g/mol. The Hall–Kier alpha value is -3.06. The minimum Gasteiger partial charge on any atom is -0.341 e. The number of aromatic amines is 1. The average Bonchev–Trinajstić information content (AvgIpc) is 2.82. The average molecular weight is 511 g/mol.